The van der Waals surface area contributed by atoms with Gasteiger partial charge in [0.1, 0.15) is 17.3 Å². The molecule has 1 N–H and O–H groups in total. The molecular weight excluding hydrogens is 338 g/mol. The lowest BCUT2D eigenvalue weighted by Gasteiger charge is -2.09. The molecule has 0 radical (unpaired) electrons. The third kappa shape index (κ3) is 3.24. The van der Waals surface area contributed by atoms with Gasteiger partial charge in [-0.05, 0) is 52.3 Å². The highest BCUT2D eigenvalue weighted by Gasteiger charge is 2.10. The van der Waals surface area contributed by atoms with E-state index in [2.05, 4.69) is 15.9 Å². The van der Waals surface area contributed by atoms with Crippen LogP contribution in [0.15, 0.2) is 40.9 Å². The van der Waals surface area contributed by atoms with Crippen molar-refractivity contribution in [3.63, 3.8) is 0 Å². The summed E-state index contributed by atoms with van der Waals surface area (Å²) in [6.45, 7) is 0. The molecule has 0 amide bonds. The van der Waals surface area contributed by atoms with Gasteiger partial charge in [-0.2, -0.15) is 0 Å². The van der Waals surface area contributed by atoms with Crippen LogP contribution in [0.2, 0.25) is 5.02 Å². The fourth-order valence-corrected chi connectivity index (χ4v) is 2.06. The Kier molecular flexibility index (Phi) is 4.07. The van der Waals surface area contributed by atoms with Crippen LogP contribution in [0.25, 0.3) is 0 Å². The summed E-state index contributed by atoms with van der Waals surface area (Å²) in [5.41, 5.74) is 0.129. The van der Waals surface area contributed by atoms with Crippen LogP contribution >= 0.6 is 27.5 Å². The molecule has 0 fully saturated rings. The Bertz CT molecular complexity index is 646. The highest BCUT2D eigenvalue weighted by atomic mass is 79.9. The van der Waals surface area contributed by atoms with Gasteiger partial charge in [-0.3, -0.25) is 0 Å². The molecule has 0 saturated carbocycles. The largest absolute Gasteiger partial charge is 0.478 e. The van der Waals surface area contributed by atoms with Crippen molar-refractivity contribution in [2.45, 2.75) is 0 Å². The standard InChI is InChI=1S/C13H7BrClFO3/c14-9-5-7(13(17)18)1-3-11(9)19-12-4-2-8(16)6-10(12)15/h1-6H,(H,17,18). The molecule has 2 rings (SSSR count). The third-order valence-corrected chi connectivity index (χ3v) is 3.21. The van der Waals surface area contributed by atoms with E-state index in [-0.39, 0.29) is 16.3 Å². The highest BCUT2D eigenvalue weighted by molar-refractivity contribution is 9.10. The topological polar surface area (TPSA) is 46.5 Å². The molecule has 98 valence electrons. The first-order chi connectivity index (χ1) is 8.97. The average molecular weight is 346 g/mol. The molecular formula is C13H7BrClFO3. The maximum Gasteiger partial charge on any atom is 0.335 e. The second-order valence-corrected chi connectivity index (χ2v) is 4.89. The van der Waals surface area contributed by atoms with Crippen LogP contribution < -0.4 is 4.74 Å². The van der Waals surface area contributed by atoms with Gasteiger partial charge in [0.15, 0.2) is 0 Å². The summed E-state index contributed by atoms with van der Waals surface area (Å²) in [4.78, 5) is 10.8. The predicted molar refractivity (Wildman–Crippen MR) is 72.6 cm³/mol. The molecule has 0 spiro atoms. The van der Waals surface area contributed by atoms with Gasteiger partial charge in [0.05, 0.1) is 15.1 Å². The summed E-state index contributed by atoms with van der Waals surface area (Å²) in [5, 5.41) is 8.97. The molecule has 0 bridgehead atoms. The molecule has 19 heavy (non-hydrogen) atoms. The molecule has 0 aliphatic carbocycles. The van der Waals surface area contributed by atoms with E-state index in [1.165, 1.54) is 30.3 Å². The molecule has 0 atom stereocenters. The Labute approximate surface area is 121 Å². The fourth-order valence-electron chi connectivity index (χ4n) is 1.39. The normalized spacial score (nSPS) is 10.3. The number of aromatic carboxylic acids is 1. The van der Waals surface area contributed by atoms with Crippen molar-refractivity contribution < 1.29 is 19.0 Å². The van der Waals surface area contributed by atoms with E-state index < -0.39 is 11.8 Å². The van der Waals surface area contributed by atoms with E-state index in [9.17, 15) is 9.18 Å². The zero-order chi connectivity index (χ0) is 14.0. The van der Waals surface area contributed by atoms with Gasteiger partial charge < -0.3 is 9.84 Å². The maximum atomic E-state index is 12.9. The minimum Gasteiger partial charge on any atom is -0.478 e. The fraction of sp³-hybridized carbons (Fsp3) is 0. The smallest absolute Gasteiger partial charge is 0.335 e. The zero-order valence-electron chi connectivity index (χ0n) is 9.36. The van der Waals surface area contributed by atoms with Gasteiger partial charge >= 0.3 is 5.97 Å². The third-order valence-electron chi connectivity index (χ3n) is 2.29. The van der Waals surface area contributed by atoms with E-state index >= 15 is 0 Å². The van der Waals surface area contributed by atoms with Crippen LogP contribution in [0.4, 0.5) is 4.39 Å². The number of hydrogen-bond donors (Lipinski definition) is 1. The first-order valence-electron chi connectivity index (χ1n) is 5.13. The lowest BCUT2D eigenvalue weighted by atomic mass is 10.2. The van der Waals surface area contributed by atoms with Crippen molar-refractivity contribution in [3.05, 3.63) is 57.3 Å². The van der Waals surface area contributed by atoms with Crippen LogP contribution in [0.1, 0.15) is 10.4 Å². The Balaban J connectivity index is 2.31. The van der Waals surface area contributed by atoms with E-state index in [1.54, 1.807) is 0 Å². The Morgan fingerprint density at radius 2 is 1.89 bits per heavy atom. The number of benzene rings is 2. The van der Waals surface area contributed by atoms with Crippen LogP contribution in [-0.4, -0.2) is 11.1 Å². The number of rotatable bonds is 3. The number of hydrogen-bond acceptors (Lipinski definition) is 2. The summed E-state index contributed by atoms with van der Waals surface area (Å²) in [7, 11) is 0. The summed E-state index contributed by atoms with van der Waals surface area (Å²) < 4.78 is 18.8. The minimum absolute atomic E-state index is 0.129. The zero-order valence-corrected chi connectivity index (χ0v) is 11.7. The molecule has 0 saturated heterocycles. The van der Waals surface area contributed by atoms with Crippen molar-refractivity contribution in [3.8, 4) is 11.5 Å². The van der Waals surface area contributed by atoms with Gasteiger partial charge in [0.25, 0.3) is 0 Å². The molecule has 0 aliphatic rings. The van der Waals surface area contributed by atoms with Crippen LogP contribution in [0.3, 0.4) is 0 Å². The number of carboxylic acid groups (broad SMARTS) is 1. The number of halogens is 3. The van der Waals surface area contributed by atoms with Crippen molar-refractivity contribution in [2.75, 3.05) is 0 Å². The van der Waals surface area contributed by atoms with E-state index in [0.717, 1.165) is 6.07 Å². The van der Waals surface area contributed by atoms with Gasteiger partial charge in [0, 0.05) is 0 Å². The molecule has 0 heterocycles. The molecule has 0 unspecified atom stereocenters. The molecule has 6 heteroatoms. The van der Waals surface area contributed by atoms with Crippen LogP contribution in [0.5, 0.6) is 11.5 Å². The quantitative estimate of drug-likeness (QED) is 0.874. The van der Waals surface area contributed by atoms with Gasteiger partial charge in [-0.25, -0.2) is 9.18 Å². The van der Waals surface area contributed by atoms with Gasteiger partial charge in [-0.1, -0.05) is 11.6 Å². The summed E-state index contributed by atoms with van der Waals surface area (Å²) in [6.07, 6.45) is 0. The number of carbonyl (C=O) groups is 1. The van der Waals surface area contributed by atoms with E-state index in [1.807, 2.05) is 0 Å². The maximum absolute atomic E-state index is 12.9. The Morgan fingerprint density at radius 3 is 2.47 bits per heavy atom. The van der Waals surface area contributed by atoms with Crippen molar-refractivity contribution in [2.24, 2.45) is 0 Å². The Morgan fingerprint density at radius 1 is 1.21 bits per heavy atom. The molecule has 0 aromatic heterocycles. The minimum atomic E-state index is -1.04. The summed E-state index contributed by atoms with van der Waals surface area (Å²) in [6, 6.07) is 8.06. The molecule has 2 aromatic rings. The molecule has 3 nitrogen and oxygen atoms in total. The average Bonchev–Trinajstić information content (AvgIpc) is 2.34. The highest BCUT2D eigenvalue weighted by Crippen LogP contribution is 2.34. The van der Waals surface area contributed by atoms with Crippen molar-refractivity contribution in [1.82, 2.24) is 0 Å². The molecule has 2 aromatic carbocycles. The van der Waals surface area contributed by atoms with E-state index in [0.29, 0.717) is 10.2 Å². The van der Waals surface area contributed by atoms with Crippen LogP contribution in [0, 0.1) is 5.82 Å². The second kappa shape index (κ2) is 5.59. The lowest BCUT2D eigenvalue weighted by Crippen LogP contribution is -1.96. The summed E-state index contributed by atoms with van der Waals surface area (Å²) in [5.74, 6) is -0.824. The van der Waals surface area contributed by atoms with Crippen LogP contribution in [-0.2, 0) is 0 Å². The SMILES string of the molecule is O=C(O)c1ccc(Oc2ccc(F)cc2Cl)c(Br)c1. The second-order valence-electron chi connectivity index (χ2n) is 3.63. The lowest BCUT2D eigenvalue weighted by molar-refractivity contribution is 0.0697. The summed E-state index contributed by atoms with van der Waals surface area (Å²) >= 11 is 9.05. The monoisotopic (exact) mass is 344 g/mol. The van der Waals surface area contributed by atoms with Gasteiger partial charge in [-0.15, -0.1) is 0 Å². The molecule has 0 aliphatic heterocycles. The Hall–Kier alpha value is -1.59. The number of ether oxygens (including phenoxy) is 1. The first kappa shape index (κ1) is 13.8. The van der Waals surface area contributed by atoms with Crippen molar-refractivity contribution in [1.29, 1.82) is 0 Å². The van der Waals surface area contributed by atoms with Gasteiger partial charge in [0.2, 0.25) is 0 Å². The number of carboxylic acids is 1. The first-order valence-corrected chi connectivity index (χ1v) is 6.30. The van der Waals surface area contributed by atoms with Crippen molar-refractivity contribution >= 4 is 33.5 Å². The predicted octanol–water partition coefficient (Wildman–Crippen LogP) is 4.73. The van der Waals surface area contributed by atoms with E-state index in [4.69, 9.17) is 21.4 Å².